The second-order valence-corrected chi connectivity index (χ2v) is 7.94. The van der Waals surface area contributed by atoms with Crippen LogP contribution in [0.5, 0.6) is 0 Å². The van der Waals surface area contributed by atoms with Crippen LogP contribution in [0.2, 0.25) is 0 Å². The predicted molar refractivity (Wildman–Crippen MR) is 88.8 cm³/mol. The van der Waals surface area contributed by atoms with Crippen LogP contribution in [0.4, 0.5) is 0 Å². The van der Waals surface area contributed by atoms with Gasteiger partial charge in [-0.2, -0.15) is 0 Å². The fourth-order valence-electron chi connectivity index (χ4n) is 2.85. The normalized spacial score (nSPS) is 14.4. The van der Waals surface area contributed by atoms with Crippen molar-refractivity contribution in [3.8, 4) is 0 Å². The average molecular weight is 329 g/mol. The highest BCUT2D eigenvalue weighted by atomic mass is 32.2. The van der Waals surface area contributed by atoms with Crippen LogP contribution >= 0.6 is 0 Å². The maximum Gasteiger partial charge on any atom is 0.227 e. The van der Waals surface area contributed by atoms with Gasteiger partial charge in [0.2, 0.25) is 5.91 Å². The molecule has 0 unspecified atom stereocenters. The van der Waals surface area contributed by atoms with Gasteiger partial charge in [0.05, 0.1) is 11.3 Å². The molecule has 1 heterocycles. The Bertz CT molecular complexity index is 826. The maximum absolute atomic E-state index is 12.5. The van der Waals surface area contributed by atoms with Crippen LogP contribution in [0.15, 0.2) is 53.4 Å². The van der Waals surface area contributed by atoms with Gasteiger partial charge in [-0.3, -0.25) is 4.79 Å². The first-order chi connectivity index (χ1) is 10.9. The van der Waals surface area contributed by atoms with Gasteiger partial charge in [0.15, 0.2) is 9.84 Å². The van der Waals surface area contributed by atoms with Crippen LogP contribution in [0.3, 0.4) is 0 Å². The van der Waals surface area contributed by atoms with Gasteiger partial charge in [0.1, 0.15) is 0 Å². The van der Waals surface area contributed by atoms with Crippen molar-refractivity contribution in [2.75, 3.05) is 12.8 Å². The van der Waals surface area contributed by atoms with Crippen molar-refractivity contribution < 1.29 is 13.2 Å². The molecular weight excluding hydrogens is 310 g/mol. The molecule has 1 aliphatic heterocycles. The molecule has 0 atom stereocenters. The largest absolute Gasteiger partial charge is 0.338 e. The molecular formula is C18H19NO3S. The van der Waals surface area contributed by atoms with E-state index in [1.165, 1.54) is 17.4 Å². The summed E-state index contributed by atoms with van der Waals surface area (Å²) in [4.78, 5) is 14.6. The van der Waals surface area contributed by atoms with Crippen LogP contribution in [0.25, 0.3) is 0 Å². The number of hydrogen-bond donors (Lipinski definition) is 0. The summed E-state index contributed by atoms with van der Waals surface area (Å²) in [6, 6.07) is 14.7. The van der Waals surface area contributed by atoms with Crippen molar-refractivity contribution in [1.82, 2.24) is 4.90 Å². The molecule has 0 saturated heterocycles. The topological polar surface area (TPSA) is 54.5 Å². The Balaban J connectivity index is 1.68. The van der Waals surface area contributed by atoms with Gasteiger partial charge in [-0.15, -0.1) is 0 Å². The molecule has 120 valence electrons. The van der Waals surface area contributed by atoms with Gasteiger partial charge in [-0.05, 0) is 35.2 Å². The van der Waals surface area contributed by atoms with E-state index in [4.69, 9.17) is 0 Å². The number of sulfone groups is 1. The lowest BCUT2D eigenvalue weighted by molar-refractivity contribution is -0.131. The first kappa shape index (κ1) is 15.7. The van der Waals surface area contributed by atoms with Gasteiger partial charge in [0.25, 0.3) is 0 Å². The second-order valence-electron chi connectivity index (χ2n) is 5.93. The fourth-order valence-corrected chi connectivity index (χ4v) is 3.48. The van der Waals surface area contributed by atoms with Crippen molar-refractivity contribution in [3.05, 3.63) is 65.2 Å². The lowest BCUT2D eigenvalue weighted by Crippen LogP contribution is -2.36. The van der Waals surface area contributed by atoms with E-state index in [0.29, 0.717) is 13.0 Å². The van der Waals surface area contributed by atoms with Crippen molar-refractivity contribution in [1.29, 1.82) is 0 Å². The molecule has 2 aromatic carbocycles. The molecule has 1 amide bonds. The lowest BCUT2D eigenvalue weighted by atomic mass is 9.99. The summed E-state index contributed by atoms with van der Waals surface area (Å²) in [5, 5.41) is 0. The zero-order chi connectivity index (χ0) is 16.4. The summed E-state index contributed by atoms with van der Waals surface area (Å²) in [7, 11) is -3.20. The molecule has 0 aliphatic carbocycles. The Morgan fingerprint density at radius 3 is 2.35 bits per heavy atom. The highest BCUT2D eigenvalue weighted by molar-refractivity contribution is 7.90. The quantitative estimate of drug-likeness (QED) is 0.867. The smallest absolute Gasteiger partial charge is 0.227 e. The third-order valence-corrected chi connectivity index (χ3v) is 5.32. The second kappa shape index (κ2) is 6.16. The van der Waals surface area contributed by atoms with E-state index in [9.17, 15) is 13.2 Å². The number of carbonyl (C=O) groups excluding carboxylic acids is 1. The zero-order valence-electron chi connectivity index (χ0n) is 13.0. The van der Waals surface area contributed by atoms with Crippen LogP contribution in [-0.2, 0) is 34.0 Å². The lowest BCUT2D eigenvalue weighted by Gasteiger charge is -2.29. The monoisotopic (exact) mass is 329 g/mol. The van der Waals surface area contributed by atoms with Crippen LogP contribution in [0.1, 0.15) is 16.7 Å². The Labute approximate surface area is 136 Å². The summed E-state index contributed by atoms with van der Waals surface area (Å²) in [6.45, 7) is 1.38. The van der Waals surface area contributed by atoms with E-state index in [1.54, 1.807) is 24.3 Å². The van der Waals surface area contributed by atoms with Gasteiger partial charge in [-0.1, -0.05) is 36.4 Å². The summed E-state index contributed by atoms with van der Waals surface area (Å²) >= 11 is 0. The van der Waals surface area contributed by atoms with Crippen molar-refractivity contribution >= 4 is 15.7 Å². The molecule has 5 heteroatoms. The van der Waals surface area contributed by atoms with Crippen molar-refractivity contribution in [2.24, 2.45) is 0 Å². The van der Waals surface area contributed by atoms with E-state index in [0.717, 1.165) is 18.5 Å². The highest BCUT2D eigenvalue weighted by Gasteiger charge is 2.20. The van der Waals surface area contributed by atoms with Crippen LogP contribution < -0.4 is 0 Å². The average Bonchev–Trinajstić information content (AvgIpc) is 2.54. The highest BCUT2D eigenvalue weighted by Crippen LogP contribution is 2.19. The van der Waals surface area contributed by atoms with Crippen LogP contribution in [0, 0.1) is 0 Å². The molecule has 0 radical (unpaired) electrons. The Hall–Kier alpha value is -2.14. The number of amides is 1. The molecule has 0 fully saturated rings. The molecule has 23 heavy (non-hydrogen) atoms. The summed E-state index contributed by atoms with van der Waals surface area (Å²) in [5.74, 6) is 0.0756. The Morgan fingerprint density at radius 1 is 1.04 bits per heavy atom. The van der Waals surface area contributed by atoms with E-state index in [1.807, 2.05) is 17.0 Å². The number of hydrogen-bond acceptors (Lipinski definition) is 3. The van der Waals surface area contributed by atoms with E-state index >= 15 is 0 Å². The molecule has 1 aliphatic rings. The SMILES string of the molecule is CS(=O)(=O)c1ccc(CC(=O)N2CCc3ccccc3C2)cc1. The minimum atomic E-state index is -3.20. The maximum atomic E-state index is 12.5. The minimum absolute atomic E-state index is 0.0756. The third kappa shape index (κ3) is 3.62. The molecule has 0 bridgehead atoms. The number of carbonyl (C=O) groups is 1. The summed E-state index contributed by atoms with van der Waals surface area (Å²) < 4.78 is 22.9. The molecule has 4 nitrogen and oxygen atoms in total. The third-order valence-electron chi connectivity index (χ3n) is 4.19. The Kier molecular flexibility index (Phi) is 4.22. The van der Waals surface area contributed by atoms with Gasteiger partial charge < -0.3 is 4.90 Å². The summed E-state index contributed by atoms with van der Waals surface area (Å²) in [6.07, 6.45) is 2.36. The first-order valence-corrected chi connectivity index (χ1v) is 9.46. The van der Waals surface area contributed by atoms with E-state index in [-0.39, 0.29) is 10.8 Å². The van der Waals surface area contributed by atoms with Gasteiger partial charge in [-0.25, -0.2) is 8.42 Å². The van der Waals surface area contributed by atoms with E-state index in [2.05, 4.69) is 12.1 Å². The minimum Gasteiger partial charge on any atom is -0.338 e. The molecule has 0 N–H and O–H groups in total. The molecule has 0 aromatic heterocycles. The molecule has 2 aromatic rings. The molecule has 0 saturated carbocycles. The molecule has 0 spiro atoms. The fraction of sp³-hybridized carbons (Fsp3) is 0.278. The van der Waals surface area contributed by atoms with Gasteiger partial charge >= 0.3 is 0 Å². The Morgan fingerprint density at radius 2 is 1.70 bits per heavy atom. The predicted octanol–water partition coefficient (Wildman–Crippen LogP) is 2.22. The van der Waals surface area contributed by atoms with E-state index < -0.39 is 9.84 Å². The van der Waals surface area contributed by atoms with Crippen molar-refractivity contribution in [2.45, 2.75) is 24.3 Å². The number of fused-ring (bicyclic) bond motifs is 1. The standard InChI is InChI=1S/C18H19NO3S/c1-23(21,22)17-8-6-14(7-9-17)12-18(20)19-11-10-15-4-2-3-5-16(15)13-19/h2-9H,10-13H2,1H3. The van der Waals surface area contributed by atoms with Crippen molar-refractivity contribution in [3.63, 3.8) is 0 Å². The molecule has 3 rings (SSSR count). The number of rotatable bonds is 3. The van der Waals surface area contributed by atoms with Crippen LogP contribution in [-0.4, -0.2) is 32.0 Å². The number of benzene rings is 2. The zero-order valence-corrected chi connectivity index (χ0v) is 13.8. The van der Waals surface area contributed by atoms with Gasteiger partial charge in [0, 0.05) is 19.3 Å². The number of nitrogens with zero attached hydrogens (tertiary/aromatic N) is 1. The summed E-state index contributed by atoms with van der Waals surface area (Å²) in [5.41, 5.74) is 3.36. The first-order valence-electron chi connectivity index (χ1n) is 7.57.